The molecule has 8 aliphatic rings. The van der Waals surface area contributed by atoms with Crippen LogP contribution < -0.4 is 16.0 Å². The third-order valence-electron chi connectivity index (χ3n) is 26.0. The summed E-state index contributed by atoms with van der Waals surface area (Å²) in [5, 5.41) is 98.9. The van der Waals surface area contributed by atoms with Crippen molar-refractivity contribution in [3.05, 3.63) is 11.6 Å². The van der Waals surface area contributed by atoms with Crippen LogP contribution in [0.4, 0.5) is 4.79 Å². The number of aliphatic hydroxyl groups excluding tert-OH is 9. The SMILES string of the molecule is COP(O)(=S)OCC1CC(OP(=O)(O)OCC2C[C@@H](O)CN2C(=O)CCCCCCC(=O)[C@H](CCCCNC(=O)CCCCOC2OC(CO)C(O)C(O)C2O)NC(=O)CCCCOC2OC(CO)C(O)C(O)C2O)CN1C(=O)CCCCCNC(=O)OC1CC[C@@]2(C)C(=CCC3C4CCC([C@H](C)CCCC(C)C)[C@@]4(C)CCC32)C1. The Kier molecular flexibility index (Phi) is 39.5. The van der Waals surface area contributed by atoms with Crippen LogP contribution in [0.1, 0.15) is 240 Å². The van der Waals surface area contributed by atoms with E-state index in [-0.39, 0.29) is 126 Å². The highest BCUT2D eigenvalue weighted by atomic mass is 32.5. The van der Waals surface area contributed by atoms with Crippen LogP contribution in [0.15, 0.2) is 11.6 Å². The number of unbranched alkanes of at least 4 members (excludes halogenated alkanes) is 8. The fourth-order valence-corrected chi connectivity index (χ4v) is 21.1. The number of β-amino-alcohol motifs (C(OH)–C–C–N with tert-alkyl or cyclic N) is 1. The predicted molar refractivity (Wildman–Crippen MR) is 425 cm³/mol. The van der Waals surface area contributed by atoms with Crippen molar-refractivity contribution in [1.82, 2.24) is 25.8 Å². The van der Waals surface area contributed by atoms with E-state index in [0.717, 1.165) is 55.3 Å². The van der Waals surface area contributed by atoms with Crippen LogP contribution in [-0.4, -0.2) is 272 Å². The van der Waals surface area contributed by atoms with E-state index in [0.29, 0.717) is 101 Å². The van der Waals surface area contributed by atoms with Gasteiger partial charge in [0.1, 0.15) is 54.9 Å². The Balaban J connectivity index is 0.717. The number of allylic oxidation sites excluding steroid dienone is 1. The molecule has 0 aromatic carbocycles. The first-order valence-corrected chi connectivity index (χ1v) is 46.8. The number of phosphoric ester groups is 1. The number of phosphoric acid groups is 1. The minimum atomic E-state index is -4.86. The quantitative estimate of drug-likeness (QED) is 0.0181. The number of carbonyl (C=O) groups excluding carboxylic acids is 6. The van der Waals surface area contributed by atoms with Gasteiger partial charge in [0.25, 0.3) is 0 Å². The number of carbonyl (C=O) groups is 6. The highest BCUT2D eigenvalue weighted by Gasteiger charge is 2.60. The average molecular weight is 1700 g/mol. The maximum absolute atomic E-state index is 13.9. The van der Waals surface area contributed by atoms with Crippen LogP contribution in [0.3, 0.4) is 0 Å². The Hall–Kier alpha value is -3.32. The zero-order valence-electron chi connectivity index (χ0n) is 68.6. The van der Waals surface area contributed by atoms with Gasteiger partial charge in [-0.05, 0) is 187 Å². The standard InChI is InChI=1S/C80H139N5O27P2S/c1-50(2)21-20-22-51(3)59-31-32-60-58-30-29-52-41-56(33-35-79(52,4)61(58)34-36-80(59,60)5)109-78(100)82-38-16-9-12-28-69(93)85-45-57(43-54(85)49-108-114(103,115)104-6)112-113(101,102)107-48-53-42-55(88)44-84(53)68(92)27-11-8-7-10-24-63(89)62(83-67(91)26-15-19-40-106-77-75(99)73(97)71(95)65(47-87)111-77)23-13-17-37-81-66(90)25-14-18-39-105-76-74(98)72(96)70(94)64(46-86)110-76/h29,50-51,53-62,64-65,70-77,86-88,94-99H,7-28,30-49H2,1-6H3,(H,81,90)(H,82,100)(H,83,91)(H,101,102)(H,103,115)/t51-,53?,54?,55-,56?,57?,58?,59?,60?,61?,62+,64?,65?,70?,71?,72?,73?,74?,75?,76?,77?,79+,80-,114?/m1/s1. The second kappa shape index (κ2) is 46.8. The number of Topliss-reactive ketones (excluding diaryl/α,β-unsaturated/α-hetero) is 1. The lowest BCUT2D eigenvalue weighted by molar-refractivity contribution is -0.301. The number of ketones is 1. The molecule has 8 rings (SSSR count). The van der Waals surface area contributed by atoms with Gasteiger partial charge in [-0.15, -0.1) is 0 Å². The zero-order valence-corrected chi connectivity index (χ0v) is 71.2. The molecule has 7 fully saturated rings. The number of rotatable bonds is 49. The minimum absolute atomic E-state index is 0.000504. The third kappa shape index (κ3) is 28.4. The van der Waals surface area contributed by atoms with Crippen LogP contribution in [-0.2, 0) is 82.1 Å². The summed E-state index contributed by atoms with van der Waals surface area (Å²) in [6.45, 7) is 7.29. The number of nitrogens with zero attached hydrogens (tertiary/aromatic N) is 2. The van der Waals surface area contributed by atoms with Gasteiger partial charge in [-0.2, -0.15) is 0 Å². The number of fused-ring (bicyclic) bond motifs is 5. The summed E-state index contributed by atoms with van der Waals surface area (Å²) in [5.41, 5.74) is 2.03. The van der Waals surface area contributed by atoms with Crippen molar-refractivity contribution in [2.24, 2.45) is 46.3 Å². The Morgan fingerprint density at radius 3 is 1.81 bits per heavy atom. The lowest BCUT2D eigenvalue weighted by Crippen LogP contribution is -2.59. The highest BCUT2D eigenvalue weighted by Crippen LogP contribution is 2.67. The molecule has 14 N–H and O–H groups in total. The van der Waals surface area contributed by atoms with Gasteiger partial charge in [0.15, 0.2) is 18.4 Å². The molecule has 20 unspecified atom stereocenters. The summed E-state index contributed by atoms with van der Waals surface area (Å²) in [7, 11) is -3.66. The van der Waals surface area contributed by atoms with E-state index in [4.69, 9.17) is 53.6 Å². The second-order valence-corrected chi connectivity index (χ2v) is 39.0. The van der Waals surface area contributed by atoms with Gasteiger partial charge in [-0.25, -0.2) is 9.36 Å². The molecule has 25 atom stereocenters. The molecule has 32 nitrogen and oxygen atoms in total. The van der Waals surface area contributed by atoms with Crippen molar-refractivity contribution < 1.29 is 131 Å². The molecule has 4 heterocycles. The van der Waals surface area contributed by atoms with Crippen molar-refractivity contribution in [1.29, 1.82) is 0 Å². The monoisotopic (exact) mass is 1700 g/mol. The van der Waals surface area contributed by atoms with Crippen molar-refractivity contribution in [3.8, 4) is 0 Å². The molecule has 0 spiro atoms. The molecule has 0 aromatic rings. The van der Waals surface area contributed by atoms with Crippen molar-refractivity contribution in [2.75, 3.05) is 72.9 Å². The number of hydrogen-bond donors (Lipinski definition) is 14. The Morgan fingerprint density at radius 1 is 0.609 bits per heavy atom. The number of likely N-dealkylation sites (tertiary alicyclic amines) is 2. The van der Waals surface area contributed by atoms with E-state index in [1.165, 1.54) is 67.4 Å². The number of alkyl carbamates (subject to hydrolysis) is 1. The molecule has 4 aliphatic heterocycles. The van der Waals surface area contributed by atoms with E-state index in [2.05, 4.69) is 56.6 Å². The first-order valence-electron chi connectivity index (χ1n) is 42.7. The van der Waals surface area contributed by atoms with Crippen molar-refractivity contribution >= 4 is 61.9 Å². The number of hydrogen-bond acceptors (Lipinski definition) is 26. The fourth-order valence-electron chi connectivity index (χ4n) is 19.5. The molecule has 35 heteroatoms. The maximum atomic E-state index is 13.9. The van der Waals surface area contributed by atoms with Crippen LogP contribution >= 0.6 is 14.5 Å². The summed E-state index contributed by atoms with van der Waals surface area (Å²) in [5.74, 6) is 3.04. The second-order valence-electron chi connectivity index (χ2n) is 34.7. The molecule has 4 aliphatic carbocycles. The van der Waals surface area contributed by atoms with Crippen LogP contribution in [0, 0.1) is 46.3 Å². The van der Waals surface area contributed by atoms with E-state index < -0.39 is 138 Å². The van der Waals surface area contributed by atoms with Gasteiger partial charge in [-0.1, -0.05) is 84.8 Å². The van der Waals surface area contributed by atoms with Gasteiger partial charge in [0, 0.05) is 85.0 Å². The van der Waals surface area contributed by atoms with E-state index in [1.807, 2.05) is 0 Å². The van der Waals surface area contributed by atoms with Crippen molar-refractivity contribution in [3.63, 3.8) is 0 Å². The van der Waals surface area contributed by atoms with E-state index in [1.54, 1.807) is 0 Å². The highest BCUT2D eigenvalue weighted by molar-refractivity contribution is 8.07. The van der Waals surface area contributed by atoms with Gasteiger partial charge in [0.05, 0.1) is 56.8 Å². The summed E-state index contributed by atoms with van der Waals surface area (Å²) >= 11 is 5.06. The molecule has 0 radical (unpaired) electrons. The van der Waals surface area contributed by atoms with Crippen LogP contribution in [0.25, 0.3) is 0 Å². The smallest absolute Gasteiger partial charge is 0.446 e. The number of nitrogens with one attached hydrogen (secondary N) is 3. The first kappa shape index (κ1) is 97.1. The lowest BCUT2D eigenvalue weighted by atomic mass is 9.47. The zero-order chi connectivity index (χ0) is 83.8. The molecule has 3 saturated carbocycles. The summed E-state index contributed by atoms with van der Waals surface area (Å²) in [6, 6.07) is -2.35. The van der Waals surface area contributed by atoms with Gasteiger partial charge in [-0.3, -0.25) is 33.0 Å². The van der Waals surface area contributed by atoms with E-state index in [9.17, 15) is 89.1 Å². The molecular weight excluding hydrogens is 1560 g/mol. The van der Waals surface area contributed by atoms with Gasteiger partial charge < -0.3 is 114 Å². The molecular formula is C80H139N5O27P2S. The lowest BCUT2D eigenvalue weighted by Gasteiger charge is -2.58. The number of aliphatic hydroxyl groups is 9. The van der Waals surface area contributed by atoms with Crippen LogP contribution in [0.2, 0.25) is 0 Å². The average Bonchev–Trinajstić information content (AvgIpc) is 1.67. The number of amides is 5. The minimum Gasteiger partial charge on any atom is -0.446 e. The largest absolute Gasteiger partial charge is 0.472 e. The number of ether oxygens (including phenoxy) is 5. The summed E-state index contributed by atoms with van der Waals surface area (Å²) in [6.07, 6.45) is 5.55. The van der Waals surface area contributed by atoms with Crippen molar-refractivity contribution in [2.45, 2.75) is 338 Å². The Labute approximate surface area is 684 Å². The molecule has 115 heavy (non-hydrogen) atoms. The fraction of sp³-hybridized carbons (Fsp3) is 0.900. The third-order valence-corrected chi connectivity index (χ3v) is 28.8. The van der Waals surface area contributed by atoms with E-state index >= 15 is 0 Å². The molecule has 4 saturated heterocycles. The summed E-state index contributed by atoms with van der Waals surface area (Å²) in [4.78, 5) is 105. The molecule has 5 amide bonds. The Morgan fingerprint density at radius 2 is 1.18 bits per heavy atom. The molecule has 0 aromatic heterocycles. The first-order chi connectivity index (χ1) is 54.7. The van der Waals surface area contributed by atoms with Gasteiger partial charge in [0.2, 0.25) is 23.6 Å². The van der Waals surface area contributed by atoms with Gasteiger partial charge >= 0.3 is 20.6 Å². The predicted octanol–water partition coefficient (Wildman–Crippen LogP) is 6.28. The maximum Gasteiger partial charge on any atom is 0.472 e. The summed E-state index contributed by atoms with van der Waals surface area (Å²) < 4.78 is 63.1. The normalized spacial score (nSPS) is 33.6. The van der Waals surface area contributed by atoms with Crippen LogP contribution in [0.5, 0.6) is 0 Å². The molecule has 662 valence electrons. The topological polar surface area (TPSA) is 468 Å². The Bertz CT molecular complexity index is 3190. The molecule has 0 bridgehead atoms.